The number of carbonyl (C=O) groups is 1. The largest absolute Gasteiger partial charge is 0.386 e. The minimum absolute atomic E-state index is 0.130. The van der Waals surface area contributed by atoms with Crippen LogP contribution in [0.15, 0.2) is 28.7 Å². The SMILES string of the molecule is CC(C)C1(O)CN(C(=O)CCc2cccc(Br)c2)C1. The van der Waals surface area contributed by atoms with Crippen molar-refractivity contribution in [1.82, 2.24) is 4.90 Å². The van der Waals surface area contributed by atoms with Crippen LogP contribution in [0.1, 0.15) is 25.8 Å². The lowest BCUT2D eigenvalue weighted by Crippen LogP contribution is -2.65. The van der Waals surface area contributed by atoms with Gasteiger partial charge in [0, 0.05) is 10.9 Å². The molecule has 3 nitrogen and oxygen atoms in total. The number of aliphatic hydroxyl groups is 1. The Hall–Kier alpha value is -0.870. The molecular weight excluding hydrogens is 306 g/mol. The minimum Gasteiger partial charge on any atom is -0.386 e. The van der Waals surface area contributed by atoms with Gasteiger partial charge in [-0.25, -0.2) is 0 Å². The van der Waals surface area contributed by atoms with Crippen LogP contribution in [-0.2, 0) is 11.2 Å². The molecule has 0 unspecified atom stereocenters. The number of hydrogen-bond acceptors (Lipinski definition) is 2. The molecular formula is C15H20BrNO2. The fraction of sp³-hybridized carbons (Fsp3) is 0.533. The Labute approximate surface area is 122 Å². The van der Waals surface area contributed by atoms with Crippen LogP contribution in [0.4, 0.5) is 0 Å². The number of carbonyl (C=O) groups excluding carboxylic acids is 1. The summed E-state index contributed by atoms with van der Waals surface area (Å²) in [6.45, 7) is 4.93. The van der Waals surface area contributed by atoms with E-state index in [4.69, 9.17) is 0 Å². The molecule has 1 aromatic rings. The van der Waals surface area contributed by atoms with Crippen LogP contribution < -0.4 is 0 Å². The van der Waals surface area contributed by atoms with Crippen molar-refractivity contribution in [2.75, 3.05) is 13.1 Å². The summed E-state index contributed by atoms with van der Waals surface area (Å²) in [6, 6.07) is 8.01. The zero-order valence-electron chi connectivity index (χ0n) is 11.4. The Kier molecular flexibility index (Phi) is 4.31. The number of halogens is 1. The number of amides is 1. The van der Waals surface area contributed by atoms with Crippen molar-refractivity contribution in [2.24, 2.45) is 5.92 Å². The van der Waals surface area contributed by atoms with Crippen molar-refractivity contribution in [2.45, 2.75) is 32.3 Å². The highest BCUT2D eigenvalue weighted by atomic mass is 79.9. The van der Waals surface area contributed by atoms with E-state index in [1.807, 2.05) is 38.1 Å². The summed E-state index contributed by atoms with van der Waals surface area (Å²) in [6.07, 6.45) is 1.25. The van der Waals surface area contributed by atoms with Crippen LogP contribution in [0.5, 0.6) is 0 Å². The van der Waals surface area contributed by atoms with Gasteiger partial charge in [-0.05, 0) is 30.0 Å². The highest BCUT2D eigenvalue weighted by molar-refractivity contribution is 9.10. The summed E-state index contributed by atoms with van der Waals surface area (Å²) in [5, 5.41) is 10.1. The molecule has 1 saturated heterocycles. The molecule has 0 saturated carbocycles. The number of aryl methyl sites for hydroxylation is 1. The Balaban J connectivity index is 1.81. The van der Waals surface area contributed by atoms with E-state index in [9.17, 15) is 9.90 Å². The standard InChI is InChI=1S/C15H20BrNO2/c1-11(2)15(19)9-17(10-15)14(18)7-6-12-4-3-5-13(16)8-12/h3-5,8,11,19H,6-7,9-10H2,1-2H3. The molecule has 4 heteroatoms. The lowest BCUT2D eigenvalue weighted by atomic mass is 9.83. The average molecular weight is 326 g/mol. The van der Waals surface area contributed by atoms with Gasteiger partial charge in [-0.2, -0.15) is 0 Å². The minimum atomic E-state index is -0.675. The molecule has 1 N–H and O–H groups in total. The molecule has 0 aliphatic carbocycles. The molecule has 0 bridgehead atoms. The van der Waals surface area contributed by atoms with Gasteiger partial charge in [-0.15, -0.1) is 0 Å². The summed E-state index contributed by atoms with van der Waals surface area (Å²) < 4.78 is 1.04. The summed E-state index contributed by atoms with van der Waals surface area (Å²) in [5.41, 5.74) is 0.480. The van der Waals surface area contributed by atoms with Gasteiger partial charge in [0.15, 0.2) is 0 Å². The Morgan fingerprint density at radius 3 is 2.74 bits per heavy atom. The zero-order valence-corrected chi connectivity index (χ0v) is 13.0. The van der Waals surface area contributed by atoms with Crippen molar-refractivity contribution in [1.29, 1.82) is 0 Å². The first-order valence-electron chi connectivity index (χ1n) is 6.65. The predicted octanol–water partition coefficient (Wildman–Crippen LogP) is 2.61. The molecule has 1 amide bonds. The molecule has 1 fully saturated rings. The third kappa shape index (κ3) is 3.37. The van der Waals surface area contributed by atoms with Crippen molar-refractivity contribution in [3.05, 3.63) is 34.3 Å². The molecule has 19 heavy (non-hydrogen) atoms. The first kappa shape index (κ1) is 14.5. The molecule has 1 aromatic carbocycles. The second-order valence-corrected chi connectivity index (χ2v) is 6.55. The maximum Gasteiger partial charge on any atom is 0.223 e. The van der Waals surface area contributed by atoms with Crippen LogP contribution in [-0.4, -0.2) is 34.6 Å². The Morgan fingerprint density at radius 1 is 1.47 bits per heavy atom. The topological polar surface area (TPSA) is 40.5 Å². The van der Waals surface area contributed by atoms with Crippen molar-refractivity contribution in [3.63, 3.8) is 0 Å². The van der Waals surface area contributed by atoms with Gasteiger partial charge in [-0.1, -0.05) is 41.9 Å². The summed E-state index contributed by atoms with van der Waals surface area (Å²) >= 11 is 3.43. The molecule has 2 rings (SSSR count). The quantitative estimate of drug-likeness (QED) is 0.924. The van der Waals surface area contributed by atoms with E-state index in [-0.39, 0.29) is 11.8 Å². The highest BCUT2D eigenvalue weighted by Crippen LogP contribution is 2.29. The first-order chi connectivity index (χ1) is 8.90. The Bertz CT molecular complexity index is 467. The molecule has 0 radical (unpaired) electrons. The van der Waals surface area contributed by atoms with E-state index in [0.717, 1.165) is 16.5 Å². The van der Waals surface area contributed by atoms with Crippen LogP contribution in [0, 0.1) is 5.92 Å². The summed E-state index contributed by atoms with van der Waals surface area (Å²) in [5.74, 6) is 0.326. The van der Waals surface area contributed by atoms with E-state index in [2.05, 4.69) is 15.9 Å². The molecule has 1 heterocycles. The van der Waals surface area contributed by atoms with Crippen molar-refractivity contribution in [3.8, 4) is 0 Å². The number of benzene rings is 1. The lowest BCUT2D eigenvalue weighted by Gasteiger charge is -2.49. The van der Waals surface area contributed by atoms with E-state index in [1.54, 1.807) is 4.90 Å². The smallest absolute Gasteiger partial charge is 0.223 e. The second kappa shape index (κ2) is 5.63. The van der Waals surface area contributed by atoms with E-state index >= 15 is 0 Å². The average Bonchev–Trinajstić information content (AvgIpc) is 2.32. The fourth-order valence-electron chi connectivity index (χ4n) is 2.26. The number of hydrogen-bond donors (Lipinski definition) is 1. The summed E-state index contributed by atoms with van der Waals surface area (Å²) in [4.78, 5) is 13.7. The van der Waals surface area contributed by atoms with Gasteiger partial charge in [-0.3, -0.25) is 4.79 Å². The van der Waals surface area contributed by atoms with Gasteiger partial charge in [0.1, 0.15) is 5.60 Å². The third-order valence-electron chi connectivity index (χ3n) is 3.87. The van der Waals surface area contributed by atoms with E-state index in [0.29, 0.717) is 19.5 Å². The normalized spacial score (nSPS) is 17.4. The fourth-order valence-corrected chi connectivity index (χ4v) is 2.70. The lowest BCUT2D eigenvalue weighted by molar-refractivity contribution is -0.163. The number of rotatable bonds is 4. The van der Waals surface area contributed by atoms with Crippen molar-refractivity contribution >= 4 is 21.8 Å². The predicted molar refractivity (Wildman–Crippen MR) is 78.8 cm³/mol. The van der Waals surface area contributed by atoms with Gasteiger partial charge in [0.2, 0.25) is 5.91 Å². The van der Waals surface area contributed by atoms with Crippen LogP contribution in [0.25, 0.3) is 0 Å². The monoisotopic (exact) mass is 325 g/mol. The number of likely N-dealkylation sites (tertiary alicyclic amines) is 1. The van der Waals surface area contributed by atoms with Crippen molar-refractivity contribution < 1.29 is 9.90 Å². The van der Waals surface area contributed by atoms with Gasteiger partial charge < -0.3 is 10.0 Å². The van der Waals surface area contributed by atoms with E-state index in [1.165, 1.54) is 0 Å². The molecule has 0 spiro atoms. The summed E-state index contributed by atoms with van der Waals surface area (Å²) in [7, 11) is 0. The number of nitrogens with zero attached hydrogens (tertiary/aromatic N) is 1. The maximum atomic E-state index is 12.0. The highest BCUT2D eigenvalue weighted by Gasteiger charge is 2.45. The van der Waals surface area contributed by atoms with E-state index < -0.39 is 5.60 Å². The second-order valence-electron chi connectivity index (χ2n) is 5.64. The zero-order chi connectivity index (χ0) is 14.0. The molecule has 1 aliphatic heterocycles. The molecule has 0 aromatic heterocycles. The molecule has 0 atom stereocenters. The van der Waals surface area contributed by atoms with Gasteiger partial charge in [0.25, 0.3) is 0 Å². The molecule has 104 valence electrons. The van der Waals surface area contributed by atoms with Crippen LogP contribution in [0.3, 0.4) is 0 Å². The first-order valence-corrected chi connectivity index (χ1v) is 7.44. The van der Waals surface area contributed by atoms with Gasteiger partial charge >= 0.3 is 0 Å². The third-order valence-corrected chi connectivity index (χ3v) is 4.37. The van der Waals surface area contributed by atoms with Crippen LogP contribution >= 0.6 is 15.9 Å². The van der Waals surface area contributed by atoms with Gasteiger partial charge in [0.05, 0.1) is 13.1 Å². The Morgan fingerprint density at radius 2 is 2.16 bits per heavy atom. The number of β-amino-alcohol motifs (C(OH)–C–C–N with tert-alkyl or cyclic N) is 1. The maximum absolute atomic E-state index is 12.0. The molecule has 1 aliphatic rings. The van der Waals surface area contributed by atoms with Crippen LogP contribution in [0.2, 0.25) is 0 Å².